The molecule has 3 nitrogen and oxygen atoms in total. The van der Waals surface area contributed by atoms with Gasteiger partial charge >= 0.3 is 0 Å². The van der Waals surface area contributed by atoms with Gasteiger partial charge in [0.15, 0.2) is 0 Å². The molecule has 0 aliphatic carbocycles. The minimum absolute atomic E-state index is 0.860. The van der Waals surface area contributed by atoms with Crippen LogP contribution in [-0.4, -0.2) is 12.1 Å². The summed E-state index contributed by atoms with van der Waals surface area (Å²) in [4.78, 5) is 6.86. The molecule has 1 aliphatic rings. The van der Waals surface area contributed by atoms with Crippen molar-refractivity contribution in [2.45, 2.75) is 9.79 Å². The van der Waals surface area contributed by atoms with E-state index in [9.17, 15) is 0 Å². The molecule has 0 amide bonds. The highest BCUT2D eigenvalue weighted by molar-refractivity contribution is 7.99. The van der Waals surface area contributed by atoms with Gasteiger partial charge < -0.3 is 10.1 Å². The monoisotopic (exact) mass is 280 g/mol. The van der Waals surface area contributed by atoms with Crippen molar-refractivity contribution < 1.29 is 4.74 Å². The van der Waals surface area contributed by atoms with Crippen LogP contribution in [0.5, 0.6) is 5.75 Å². The van der Waals surface area contributed by atoms with E-state index in [0.717, 1.165) is 32.9 Å². The fourth-order valence-electron chi connectivity index (χ4n) is 2.41. The van der Waals surface area contributed by atoms with Gasteiger partial charge in [-0.2, -0.15) is 0 Å². The molecule has 2 heterocycles. The van der Waals surface area contributed by atoms with Crippen LogP contribution in [0.15, 0.2) is 58.5 Å². The molecule has 0 spiro atoms. The van der Waals surface area contributed by atoms with E-state index >= 15 is 0 Å². The lowest BCUT2D eigenvalue weighted by atomic mass is 10.1. The number of nitrogens with zero attached hydrogens (tertiary/aromatic N) is 1. The molecule has 1 aliphatic heterocycles. The number of para-hydroxylation sites is 1. The van der Waals surface area contributed by atoms with Crippen LogP contribution in [0.25, 0.3) is 10.9 Å². The van der Waals surface area contributed by atoms with Crippen molar-refractivity contribution in [3.63, 3.8) is 0 Å². The third-order valence-corrected chi connectivity index (χ3v) is 4.51. The molecule has 0 saturated carbocycles. The number of fused-ring (bicyclic) bond motifs is 4. The third kappa shape index (κ3) is 1.72. The van der Waals surface area contributed by atoms with Gasteiger partial charge in [-0.05, 0) is 18.2 Å². The molecule has 1 aromatic heterocycles. The zero-order valence-electron chi connectivity index (χ0n) is 10.9. The molecule has 0 radical (unpaired) electrons. The van der Waals surface area contributed by atoms with Gasteiger partial charge in [-0.1, -0.05) is 30.0 Å². The van der Waals surface area contributed by atoms with E-state index in [-0.39, 0.29) is 0 Å². The minimum atomic E-state index is 0.860. The highest BCUT2D eigenvalue weighted by atomic mass is 32.2. The molecule has 98 valence electrons. The Labute approximate surface area is 121 Å². The first-order valence-corrected chi connectivity index (χ1v) is 7.17. The summed E-state index contributed by atoms with van der Waals surface area (Å²) in [7, 11) is 1.69. The number of ether oxygens (including phenoxy) is 1. The number of nitrogens with one attached hydrogen (secondary N) is 1. The maximum Gasteiger partial charge on any atom is 0.121 e. The van der Waals surface area contributed by atoms with Gasteiger partial charge in [-0.15, -0.1) is 0 Å². The van der Waals surface area contributed by atoms with E-state index in [1.54, 1.807) is 18.9 Å². The van der Waals surface area contributed by atoms with E-state index < -0.39 is 0 Å². The quantitative estimate of drug-likeness (QED) is 0.558. The van der Waals surface area contributed by atoms with Crippen LogP contribution in [0.4, 0.5) is 11.4 Å². The average Bonchev–Trinajstić information content (AvgIpc) is 2.52. The Hall–Kier alpha value is -2.20. The molecule has 0 atom stereocenters. The second kappa shape index (κ2) is 4.42. The minimum Gasteiger partial charge on any atom is -0.497 e. The number of rotatable bonds is 1. The molecular weight excluding hydrogens is 268 g/mol. The Morgan fingerprint density at radius 2 is 2.00 bits per heavy atom. The van der Waals surface area contributed by atoms with Crippen molar-refractivity contribution >= 4 is 34.0 Å². The van der Waals surface area contributed by atoms with Crippen molar-refractivity contribution in [2.75, 3.05) is 12.4 Å². The van der Waals surface area contributed by atoms with Crippen LogP contribution >= 0.6 is 11.8 Å². The first kappa shape index (κ1) is 11.6. The Bertz CT molecular complexity index is 817. The lowest BCUT2D eigenvalue weighted by Crippen LogP contribution is -2.01. The van der Waals surface area contributed by atoms with Crippen LogP contribution in [0.3, 0.4) is 0 Å². The Balaban J connectivity index is 1.90. The second-order valence-corrected chi connectivity index (χ2v) is 5.69. The van der Waals surface area contributed by atoms with Gasteiger partial charge in [-0.3, -0.25) is 4.98 Å². The molecule has 0 saturated heterocycles. The molecule has 3 aromatic rings. The van der Waals surface area contributed by atoms with Gasteiger partial charge in [0.1, 0.15) is 5.75 Å². The predicted molar refractivity (Wildman–Crippen MR) is 82.1 cm³/mol. The smallest absolute Gasteiger partial charge is 0.121 e. The van der Waals surface area contributed by atoms with Crippen LogP contribution in [0, 0.1) is 0 Å². The maximum atomic E-state index is 5.29. The summed E-state index contributed by atoms with van der Waals surface area (Å²) in [6.07, 6.45) is 1.93. The van der Waals surface area contributed by atoms with E-state index in [1.807, 2.05) is 36.5 Å². The Kier molecular flexibility index (Phi) is 2.57. The van der Waals surface area contributed by atoms with Gasteiger partial charge in [0.2, 0.25) is 0 Å². The number of aromatic nitrogens is 1. The summed E-state index contributed by atoms with van der Waals surface area (Å²) < 4.78 is 5.29. The topological polar surface area (TPSA) is 34.1 Å². The van der Waals surface area contributed by atoms with Crippen molar-refractivity contribution in [1.82, 2.24) is 4.98 Å². The predicted octanol–water partition coefficient (Wildman–Crippen LogP) is 4.45. The fourth-order valence-corrected chi connectivity index (χ4v) is 3.37. The first-order chi connectivity index (χ1) is 9.85. The zero-order chi connectivity index (χ0) is 13.5. The lowest BCUT2D eigenvalue weighted by molar-refractivity contribution is 0.414. The molecule has 1 N–H and O–H groups in total. The van der Waals surface area contributed by atoms with E-state index in [4.69, 9.17) is 4.74 Å². The summed E-state index contributed by atoms with van der Waals surface area (Å²) in [6, 6.07) is 14.3. The molecule has 20 heavy (non-hydrogen) atoms. The summed E-state index contributed by atoms with van der Waals surface area (Å²) in [6.45, 7) is 0. The lowest BCUT2D eigenvalue weighted by Gasteiger charge is -2.22. The number of hydrogen-bond acceptors (Lipinski definition) is 4. The maximum absolute atomic E-state index is 5.29. The van der Waals surface area contributed by atoms with Crippen molar-refractivity contribution in [3.05, 3.63) is 48.7 Å². The zero-order valence-corrected chi connectivity index (χ0v) is 11.7. The highest BCUT2D eigenvalue weighted by Gasteiger charge is 2.18. The number of pyridine rings is 1. The van der Waals surface area contributed by atoms with Crippen LogP contribution < -0.4 is 10.1 Å². The third-order valence-electron chi connectivity index (χ3n) is 3.41. The van der Waals surface area contributed by atoms with Crippen molar-refractivity contribution in [3.8, 4) is 5.75 Å². The molecule has 0 unspecified atom stereocenters. The van der Waals surface area contributed by atoms with E-state index in [1.165, 1.54) is 4.90 Å². The van der Waals surface area contributed by atoms with Crippen LogP contribution in [0.2, 0.25) is 0 Å². The molecule has 2 aromatic carbocycles. The number of benzene rings is 2. The normalized spacial score (nSPS) is 12.4. The highest BCUT2D eigenvalue weighted by Crippen LogP contribution is 2.47. The molecule has 0 fully saturated rings. The number of hydrogen-bond donors (Lipinski definition) is 1. The fraction of sp³-hybridized carbons (Fsp3) is 0.0625. The van der Waals surface area contributed by atoms with E-state index in [0.29, 0.717) is 0 Å². The van der Waals surface area contributed by atoms with E-state index in [2.05, 4.69) is 22.4 Å². The molecule has 4 heteroatoms. The molecule has 0 bridgehead atoms. The van der Waals surface area contributed by atoms with Crippen LogP contribution in [0.1, 0.15) is 0 Å². The van der Waals surface area contributed by atoms with Gasteiger partial charge in [0.05, 0.1) is 28.9 Å². The largest absolute Gasteiger partial charge is 0.497 e. The standard InChI is InChI=1S/C16H12N2OS/c1-19-10-6-7-14-13(8-10)18-16-11-4-2-3-5-12(11)17-9-15(16)20-14/h2-9,18H,1H3. The van der Waals surface area contributed by atoms with Crippen LogP contribution in [-0.2, 0) is 0 Å². The number of anilines is 2. The summed E-state index contributed by atoms with van der Waals surface area (Å²) in [5.41, 5.74) is 3.21. The van der Waals surface area contributed by atoms with Gasteiger partial charge in [0, 0.05) is 22.5 Å². The summed E-state index contributed by atoms with van der Waals surface area (Å²) in [5.74, 6) is 0.860. The Morgan fingerprint density at radius 1 is 1.10 bits per heavy atom. The summed E-state index contributed by atoms with van der Waals surface area (Å²) in [5, 5.41) is 4.66. The first-order valence-electron chi connectivity index (χ1n) is 6.36. The second-order valence-electron chi connectivity index (χ2n) is 4.60. The van der Waals surface area contributed by atoms with Gasteiger partial charge in [0.25, 0.3) is 0 Å². The van der Waals surface area contributed by atoms with Crippen molar-refractivity contribution in [1.29, 1.82) is 0 Å². The number of methoxy groups -OCH3 is 1. The van der Waals surface area contributed by atoms with Gasteiger partial charge in [-0.25, -0.2) is 0 Å². The van der Waals surface area contributed by atoms with Crippen molar-refractivity contribution in [2.24, 2.45) is 0 Å². The molecule has 4 rings (SSSR count). The Morgan fingerprint density at radius 3 is 2.90 bits per heavy atom. The summed E-state index contributed by atoms with van der Waals surface area (Å²) >= 11 is 1.74. The average molecular weight is 280 g/mol. The SMILES string of the molecule is COc1ccc2c(c1)Nc1c(cnc3ccccc13)S2. The molecular formula is C16H12N2OS.